The number of aryl methyl sites for hydroxylation is 2. The van der Waals surface area contributed by atoms with Gasteiger partial charge in [0.2, 0.25) is 0 Å². The van der Waals surface area contributed by atoms with Crippen LogP contribution >= 0.6 is 0 Å². The number of anilines is 3. The molecule has 3 nitrogen and oxygen atoms in total. The van der Waals surface area contributed by atoms with Crippen LogP contribution in [0.2, 0.25) is 0 Å². The van der Waals surface area contributed by atoms with Crippen molar-refractivity contribution in [3.63, 3.8) is 0 Å². The van der Waals surface area contributed by atoms with Crippen molar-refractivity contribution in [1.29, 1.82) is 0 Å². The smallest absolute Gasteiger partial charge is 0.260 e. The largest absolute Gasteiger partial charge is 0.458 e. The minimum atomic E-state index is -0.191. The molecule has 45 heavy (non-hydrogen) atoms. The van der Waals surface area contributed by atoms with E-state index in [4.69, 9.17) is 9.47 Å². The van der Waals surface area contributed by atoms with Gasteiger partial charge in [0, 0.05) is 27.9 Å². The second kappa shape index (κ2) is 8.92. The first-order chi connectivity index (χ1) is 22.0. The van der Waals surface area contributed by atoms with Crippen molar-refractivity contribution in [3.05, 3.63) is 144 Å². The maximum Gasteiger partial charge on any atom is 0.260 e. The molecular formula is C41H30BNO2. The lowest BCUT2D eigenvalue weighted by molar-refractivity contribution is 0.463. The molecule has 0 atom stereocenters. The number of hydrogen-bond acceptors (Lipinski definition) is 3. The number of benzene rings is 6. The Balaban J connectivity index is 1.14. The van der Waals surface area contributed by atoms with Crippen molar-refractivity contribution in [2.24, 2.45) is 0 Å². The van der Waals surface area contributed by atoms with Crippen LogP contribution in [0.25, 0.3) is 11.1 Å². The summed E-state index contributed by atoms with van der Waals surface area (Å²) in [6.07, 6.45) is 2.28. The molecule has 0 saturated heterocycles. The van der Waals surface area contributed by atoms with Crippen LogP contribution in [-0.4, -0.2) is 6.71 Å². The van der Waals surface area contributed by atoms with E-state index in [2.05, 4.69) is 134 Å². The van der Waals surface area contributed by atoms with Crippen molar-refractivity contribution >= 4 is 40.2 Å². The molecule has 4 heteroatoms. The van der Waals surface area contributed by atoms with E-state index in [0.29, 0.717) is 0 Å². The van der Waals surface area contributed by atoms with Crippen molar-refractivity contribution in [2.45, 2.75) is 32.1 Å². The lowest BCUT2D eigenvalue weighted by Crippen LogP contribution is -2.58. The maximum absolute atomic E-state index is 6.71. The van der Waals surface area contributed by atoms with Gasteiger partial charge >= 0.3 is 0 Å². The summed E-state index contributed by atoms with van der Waals surface area (Å²) in [7, 11) is 0. The van der Waals surface area contributed by atoms with Gasteiger partial charge in [0.15, 0.2) is 0 Å². The van der Waals surface area contributed by atoms with E-state index >= 15 is 0 Å². The average Bonchev–Trinajstić information content (AvgIpc) is 3.27. The molecule has 10 rings (SSSR count). The molecular weight excluding hydrogens is 549 g/mol. The van der Waals surface area contributed by atoms with Crippen molar-refractivity contribution in [2.75, 3.05) is 4.90 Å². The quantitative estimate of drug-likeness (QED) is 0.197. The van der Waals surface area contributed by atoms with Gasteiger partial charge in [0.1, 0.15) is 23.0 Å². The summed E-state index contributed by atoms with van der Waals surface area (Å²) in [6, 6.07) is 43.9. The van der Waals surface area contributed by atoms with Gasteiger partial charge in [-0.1, -0.05) is 74.5 Å². The first-order valence-electron chi connectivity index (χ1n) is 15.9. The molecule has 0 aromatic heterocycles. The molecule has 0 bridgehead atoms. The molecule has 0 spiro atoms. The summed E-state index contributed by atoms with van der Waals surface area (Å²) in [5, 5.41) is 0. The molecule has 4 aliphatic rings. The van der Waals surface area contributed by atoms with Crippen LogP contribution < -0.4 is 30.8 Å². The normalized spacial score (nSPS) is 15.2. The number of fused-ring (bicyclic) bond motifs is 8. The van der Waals surface area contributed by atoms with Crippen LogP contribution in [-0.2, 0) is 18.3 Å². The van der Waals surface area contributed by atoms with Crippen molar-refractivity contribution in [1.82, 2.24) is 0 Å². The Labute approximate surface area is 263 Å². The predicted octanol–water partition coefficient (Wildman–Crippen LogP) is 8.29. The van der Waals surface area contributed by atoms with Gasteiger partial charge < -0.3 is 14.4 Å². The summed E-state index contributed by atoms with van der Waals surface area (Å²) in [4.78, 5) is 2.35. The molecule has 0 amide bonds. The summed E-state index contributed by atoms with van der Waals surface area (Å²) in [5.41, 5.74) is 15.0. The summed E-state index contributed by atoms with van der Waals surface area (Å²) in [5.74, 6) is 3.74. The van der Waals surface area contributed by atoms with E-state index < -0.39 is 0 Å². The van der Waals surface area contributed by atoms with Crippen LogP contribution in [0.1, 0.15) is 36.1 Å². The minimum absolute atomic E-state index is 0.0848. The highest BCUT2D eigenvalue weighted by atomic mass is 16.5. The highest BCUT2D eigenvalue weighted by Gasteiger charge is 2.44. The Bertz CT molecular complexity index is 2170. The third-order valence-corrected chi connectivity index (χ3v) is 10.4. The number of para-hydroxylation sites is 2. The number of ether oxygens (including phenoxy) is 2. The minimum Gasteiger partial charge on any atom is -0.458 e. The molecule has 0 N–H and O–H groups in total. The second-order valence-electron chi connectivity index (χ2n) is 13.3. The molecule has 0 unspecified atom stereocenters. The molecule has 6 aromatic carbocycles. The van der Waals surface area contributed by atoms with E-state index in [1.807, 2.05) is 6.07 Å². The van der Waals surface area contributed by atoms with Crippen LogP contribution in [0.15, 0.2) is 121 Å². The lowest BCUT2D eigenvalue weighted by Gasteiger charge is -2.35. The summed E-state index contributed by atoms with van der Waals surface area (Å²) in [6.45, 7) is 4.82. The average molecular weight is 580 g/mol. The fraction of sp³-hybridized carbons (Fsp3) is 0.122. The van der Waals surface area contributed by atoms with Gasteiger partial charge in [-0.05, 0) is 118 Å². The lowest BCUT2D eigenvalue weighted by atomic mass is 9.34. The molecule has 2 heterocycles. The Morgan fingerprint density at radius 2 is 1.13 bits per heavy atom. The number of nitrogens with zero attached hydrogens (tertiary/aromatic N) is 1. The van der Waals surface area contributed by atoms with Crippen molar-refractivity contribution in [3.8, 4) is 34.1 Å². The van der Waals surface area contributed by atoms with E-state index in [1.54, 1.807) is 0 Å². The summed E-state index contributed by atoms with van der Waals surface area (Å²) < 4.78 is 13.2. The Hall–Kier alpha value is -5.22. The van der Waals surface area contributed by atoms with Crippen LogP contribution in [0.5, 0.6) is 23.0 Å². The van der Waals surface area contributed by atoms with Crippen LogP contribution in [0, 0.1) is 0 Å². The Kier molecular flexibility index (Phi) is 4.99. The van der Waals surface area contributed by atoms with E-state index in [-0.39, 0.29) is 12.1 Å². The highest BCUT2D eigenvalue weighted by molar-refractivity contribution is 6.98. The van der Waals surface area contributed by atoms with E-state index in [0.717, 1.165) is 58.4 Å². The predicted molar refractivity (Wildman–Crippen MR) is 184 cm³/mol. The first kappa shape index (κ1) is 25.1. The highest BCUT2D eigenvalue weighted by Crippen LogP contribution is 2.52. The van der Waals surface area contributed by atoms with Crippen LogP contribution in [0.4, 0.5) is 17.1 Å². The third kappa shape index (κ3) is 3.48. The van der Waals surface area contributed by atoms with E-state index in [1.165, 1.54) is 44.3 Å². The molecule has 0 saturated carbocycles. The zero-order valence-electron chi connectivity index (χ0n) is 25.3. The van der Waals surface area contributed by atoms with Gasteiger partial charge in [0.25, 0.3) is 6.71 Å². The maximum atomic E-state index is 6.71. The van der Waals surface area contributed by atoms with Gasteiger partial charge in [-0.15, -0.1) is 0 Å². The molecule has 0 radical (unpaired) electrons. The fourth-order valence-electron chi connectivity index (χ4n) is 8.08. The van der Waals surface area contributed by atoms with Gasteiger partial charge in [-0.3, -0.25) is 0 Å². The Morgan fingerprint density at radius 3 is 1.80 bits per heavy atom. The number of rotatable bonds is 3. The fourth-order valence-corrected chi connectivity index (χ4v) is 8.08. The molecule has 214 valence electrons. The van der Waals surface area contributed by atoms with Crippen molar-refractivity contribution < 1.29 is 9.47 Å². The van der Waals surface area contributed by atoms with Gasteiger partial charge in [0.05, 0.1) is 0 Å². The standard InChI is InChI=1S/C41H30BNO2/c1-41(2)32-22-29(43(27-10-5-3-6-11-27)28-12-7-4-8-13-28)18-19-30(32)31-23-39-35(24-33(31)41)42-34-20-25-16-17-26(25)21-38(34)44-36-14-9-15-37(45-39)40(36)42/h3-15,18-24H,16-17H2,1-2H3. The third-order valence-electron chi connectivity index (χ3n) is 10.4. The van der Waals surface area contributed by atoms with Gasteiger partial charge in [-0.2, -0.15) is 0 Å². The molecule has 0 fully saturated rings. The SMILES string of the molecule is CC1(C)c2cc(N(c3ccccc3)c3ccccc3)ccc2-c2cc3c(cc21)B1c2cc4c(cc2Oc2cccc(c21)O3)CC4. The molecule has 6 aromatic rings. The van der Waals surface area contributed by atoms with E-state index in [9.17, 15) is 0 Å². The number of hydrogen-bond donors (Lipinski definition) is 0. The summed E-state index contributed by atoms with van der Waals surface area (Å²) >= 11 is 0. The Morgan fingerprint density at radius 1 is 0.533 bits per heavy atom. The topological polar surface area (TPSA) is 21.7 Å². The van der Waals surface area contributed by atoms with Gasteiger partial charge in [-0.25, -0.2) is 0 Å². The monoisotopic (exact) mass is 579 g/mol. The van der Waals surface area contributed by atoms with Crippen LogP contribution in [0.3, 0.4) is 0 Å². The second-order valence-corrected chi connectivity index (χ2v) is 13.3. The molecule has 2 aliphatic carbocycles. The zero-order chi connectivity index (χ0) is 29.9. The first-order valence-corrected chi connectivity index (χ1v) is 15.9. The zero-order valence-corrected chi connectivity index (χ0v) is 25.3. The molecule has 2 aliphatic heterocycles.